The van der Waals surface area contributed by atoms with E-state index in [0.29, 0.717) is 0 Å². The molecule has 2 aromatic heterocycles. The van der Waals surface area contributed by atoms with Crippen LogP contribution in [-0.2, 0) is 0 Å². The van der Waals surface area contributed by atoms with Crippen LogP contribution in [0.5, 0.6) is 0 Å². The Morgan fingerprint density at radius 1 is 0.278 bits per heavy atom. The van der Waals surface area contributed by atoms with Gasteiger partial charge in [0, 0.05) is 32.6 Å². The topological polar surface area (TPSA) is 9.86 Å². The first-order valence-electron chi connectivity index (χ1n) is 18.6. The van der Waals surface area contributed by atoms with E-state index in [1.807, 2.05) is 0 Å². The molecule has 0 unspecified atom stereocenters. The predicted molar refractivity (Wildman–Crippen MR) is 229 cm³/mol. The highest BCUT2D eigenvalue weighted by molar-refractivity contribution is 6.18. The number of aromatic nitrogens is 2. The zero-order valence-corrected chi connectivity index (χ0v) is 29.5. The minimum Gasteiger partial charge on any atom is -0.309 e. The summed E-state index contributed by atoms with van der Waals surface area (Å²) in [5.74, 6) is 0. The van der Waals surface area contributed by atoms with Gasteiger partial charge in [0.15, 0.2) is 0 Å². The summed E-state index contributed by atoms with van der Waals surface area (Å²) in [6.45, 7) is 0. The SMILES string of the molecule is c1ccc(-c2cccc(-c3cccc4c3c3cc(-c5ccc6c(c5)c5ccccc5n6-c5ccccc5)ccc3n4-c3cccc4ccccc34)c2)cc1. The summed E-state index contributed by atoms with van der Waals surface area (Å²) in [7, 11) is 0. The van der Waals surface area contributed by atoms with Crippen LogP contribution in [0.4, 0.5) is 0 Å². The highest BCUT2D eigenvalue weighted by Crippen LogP contribution is 2.43. The van der Waals surface area contributed by atoms with Gasteiger partial charge < -0.3 is 9.13 Å². The van der Waals surface area contributed by atoms with Crippen molar-refractivity contribution in [3.05, 3.63) is 206 Å². The molecule has 0 amide bonds. The third-order valence-electron chi connectivity index (χ3n) is 11.1. The highest BCUT2D eigenvalue weighted by atomic mass is 15.0. The second kappa shape index (κ2) is 12.2. The molecule has 9 aromatic carbocycles. The van der Waals surface area contributed by atoms with Crippen LogP contribution in [0, 0.1) is 0 Å². The van der Waals surface area contributed by atoms with Gasteiger partial charge in [0.25, 0.3) is 0 Å². The monoisotopic (exact) mass is 686 g/mol. The minimum absolute atomic E-state index is 1.17. The molecule has 0 bridgehead atoms. The Balaban J connectivity index is 1.17. The van der Waals surface area contributed by atoms with Crippen LogP contribution in [0.1, 0.15) is 0 Å². The van der Waals surface area contributed by atoms with Crippen molar-refractivity contribution in [2.75, 3.05) is 0 Å². The van der Waals surface area contributed by atoms with Gasteiger partial charge in [0.05, 0.1) is 27.8 Å². The number of hydrogen-bond donors (Lipinski definition) is 0. The minimum atomic E-state index is 1.17. The molecule has 0 aliphatic carbocycles. The largest absolute Gasteiger partial charge is 0.309 e. The molecule has 11 aromatic rings. The van der Waals surface area contributed by atoms with Gasteiger partial charge in [-0.05, 0) is 99.4 Å². The second-order valence-corrected chi connectivity index (χ2v) is 14.1. The maximum absolute atomic E-state index is 2.47. The molecule has 54 heavy (non-hydrogen) atoms. The Hall–Kier alpha value is -7.16. The van der Waals surface area contributed by atoms with Gasteiger partial charge in [-0.3, -0.25) is 0 Å². The van der Waals surface area contributed by atoms with Crippen LogP contribution in [0.15, 0.2) is 206 Å². The fourth-order valence-electron chi connectivity index (χ4n) is 8.66. The van der Waals surface area contributed by atoms with Gasteiger partial charge >= 0.3 is 0 Å². The summed E-state index contributed by atoms with van der Waals surface area (Å²) < 4.78 is 4.85. The van der Waals surface area contributed by atoms with E-state index in [4.69, 9.17) is 0 Å². The molecule has 0 aliphatic rings. The Morgan fingerprint density at radius 2 is 0.833 bits per heavy atom. The van der Waals surface area contributed by atoms with Crippen molar-refractivity contribution < 1.29 is 0 Å². The molecule has 0 saturated carbocycles. The number of rotatable bonds is 5. The Labute approximate surface area is 313 Å². The number of para-hydroxylation sites is 2. The first-order chi connectivity index (χ1) is 26.8. The van der Waals surface area contributed by atoms with Crippen LogP contribution >= 0.6 is 0 Å². The van der Waals surface area contributed by atoms with Gasteiger partial charge in [-0.1, -0.05) is 146 Å². The van der Waals surface area contributed by atoms with Gasteiger partial charge in [-0.2, -0.15) is 0 Å². The van der Waals surface area contributed by atoms with Crippen molar-refractivity contribution in [2.24, 2.45) is 0 Å². The molecular formula is C52H34N2. The van der Waals surface area contributed by atoms with E-state index in [1.165, 1.54) is 99.1 Å². The summed E-state index contributed by atoms with van der Waals surface area (Å²) in [5.41, 5.74) is 14.4. The first kappa shape index (κ1) is 30.5. The molecule has 0 radical (unpaired) electrons. The molecule has 2 nitrogen and oxygen atoms in total. The van der Waals surface area contributed by atoms with Gasteiger partial charge in [0.1, 0.15) is 0 Å². The van der Waals surface area contributed by atoms with Crippen molar-refractivity contribution in [3.8, 4) is 44.8 Å². The Bertz CT molecular complexity index is 3200. The Kier molecular flexibility index (Phi) is 6.90. The van der Waals surface area contributed by atoms with Crippen molar-refractivity contribution in [1.82, 2.24) is 9.13 Å². The van der Waals surface area contributed by atoms with E-state index in [-0.39, 0.29) is 0 Å². The van der Waals surface area contributed by atoms with Gasteiger partial charge in [-0.15, -0.1) is 0 Å². The van der Waals surface area contributed by atoms with Crippen molar-refractivity contribution in [3.63, 3.8) is 0 Å². The number of nitrogens with zero attached hydrogens (tertiary/aromatic N) is 2. The molecular weight excluding hydrogens is 653 g/mol. The molecule has 0 atom stereocenters. The van der Waals surface area contributed by atoms with E-state index < -0.39 is 0 Å². The van der Waals surface area contributed by atoms with Gasteiger partial charge in [-0.25, -0.2) is 0 Å². The van der Waals surface area contributed by atoms with Crippen LogP contribution in [-0.4, -0.2) is 9.13 Å². The summed E-state index contributed by atoms with van der Waals surface area (Å²) >= 11 is 0. The van der Waals surface area contributed by atoms with Crippen molar-refractivity contribution >= 4 is 54.4 Å². The lowest BCUT2D eigenvalue weighted by atomic mass is 9.95. The molecule has 252 valence electrons. The average Bonchev–Trinajstić information content (AvgIpc) is 3.76. The normalized spacial score (nSPS) is 11.7. The van der Waals surface area contributed by atoms with Crippen molar-refractivity contribution in [1.29, 1.82) is 0 Å². The first-order valence-corrected chi connectivity index (χ1v) is 18.6. The third kappa shape index (κ3) is 4.74. The summed E-state index contributed by atoms with van der Waals surface area (Å²) in [6, 6.07) is 75.2. The number of benzene rings is 9. The summed E-state index contributed by atoms with van der Waals surface area (Å²) in [4.78, 5) is 0. The molecule has 0 aliphatic heterocycles. The van der Waals surface area contributed by atoms with E-state index in [0.717, 1.165) is 0 Å². The van der Waals surface area contributed by atoms with Crippen LogP contribution in [0.3, 0.4) is 0 Å². The second-order valence-electron chi connectivity index (χ2n) is 14.1. The summed E-state index contributed by atoms with van der Waals surface area (Å²) in [5, 5.41) is 7.48. The maximum Gasteiger partial charge on any atom is 0.0547 e. The lowest BCUT2D eigenvalue weighted by Crippen LogP contribution is -1.95. The maximum atomic E-state index is 2.47. The molecule has 2 heteroatoms. The number of hydrogen-bond acceptors (Lipinski definition) is 0. The van der Waals surface area contributed by atoms with Crippen LogP contribution in [0.25, 0.3) is 99.1 Å². The lowest BCUT2D eigenvalue weighted by molar-refractivity contribution is 1.18. The number of fused-ring (bicyclic) bond motifs is 7. The molecule has 0 spiro atoms. The fraction of sp³-hybridized carbons (Fsp3) is 0. The van der Waals surface area contributed by atoms with E-state index in [1.54, 1.807) is 0 Å². The fourth-order valence-corrected chi connectivity index (χ4v) is 8.66. The van der Waals surface area contributed by atoms with E-state index >= 15 is 0 Å². The molecule has 0 N–H and O–H groups in total. The van der Waals surface area contributed by atoms with Crippen LogP contribution < -0.4 is 0 Å². The van der Waals surface area contributed by atoms with Gasteiger partial charge in [0.2, 0.25) is 0 Å². The standard InChI is InChI=1S/C52H34N2/c1-3-14-35(15-4-1)37-18-11-19-40(32-37)43-24-13-27-51-52(43)46-34-39(29-31-50(46)54(51)47-26-12-17-36-16-7-8-22-42(36)47)38-28-30-49-45(33-38)44-23-9-10-25-48(44)53(49)41-20-5-2-6-21-41/h1-34H. The quantitative estimate of drug-likeness (QED) is 0.171. The molecule has 11 rings (SSSR count). The van der Waals surface area contributed by atoms with E-state index in [9.17, 15) is 0 Å². The lowest BCUT2D eigenvalue weighted by Gasteiger charge is -2.12. The average molecular weight is 687 g/mol. The van der Waals surface area contributed by atoms with Crippen molar-refractivity contribution in [2.45, 2.75) is 0 Å². The van der Waals surface area contributed by atoms with E-state index in [2.05, 4.69) is 215 Å². The predicted octanol–water partition coefficient (Wildman–Crippen LogP) is 14.0. The zero-order valence-electron chi connectivity index (χ0n) is 29.5. The molecule has 0 fully saturated rings. The van der Waals surface area contributed by atoms with Crippen LogP contribution in [0.2, 0.25) is 0 Å². The zero-order chi connectivity index (χ0) is 35.6. The smallest absolute Gasteiger partial charge is 0.0547 e. The summed E-state index contributed by atoms with van der Waals surface area (Å²) in [6.07, 6.45) is 0. The third-order valence-corrected chi connectivity index (χ3v) is 11.1. The Morgan fingerprint density at radius 3 is 1.67 bits per heavy atom. The highest BCUT2D eigenvalue weighted by Gasteiger charge is 2.19. The molecule has 0 saturated heterocycles. The molecule has 2 heterocycles.